The zero-order chi connectivity index (χ0) is 13.5. The van der Waals surface area contributed by atoms with Gasteiger partial charge in [-0.15, -0.1) is 0 Å². The van der Waals surface area contributed by atoms with E-state index in [1.807, 2.05) is 0 Å². The highest BCUT2D eigenvalue weighted by molar-refractivity contribution is 4.72. The van der Waals surface area contributed by atoms with Crippen LogP contribution in [0.3, 0.4) is 0 Å². The summed E-state index contributed by atoms with van der Waals surface area (Å²) in [5.41, 5.74) is 0. The van der Waals surface area contributed by atoms with E-state index in [0.29, 0.717) is 6.54 Å². The Labute approximate surface area is 113 Å². The molecule has 0 saturated carbocycles. The lowest BCUT2D eigenvalue weighted by atomic mass is 10.00. The maximum atomic E-state index is 8.33. The molecule has 0 bridgehead atoms. The van der Waals surface area contributed by atoms with Crippen molar-refractivity contribution in [2.45, 2.75) is 58.8 Å². The smallest absolute Gasteiger partial charge is 0.0840 e. The van der Waals surface area contributed by atoms with E-state index in [2.05, 4.69) is 25.2 Å². The van der Waals surface area contributed by atoms with Gasteiger partial charge in [0.05, 0.1) is 12.6 Å². The van der Waals surface area contributed by atoms with Gasteiger partial charge in [-0.05, 0) is 25.3 Å². The highest BCUT2D eigenvalue weighted by atomic mass is 16.5. The summed E-state index contributed by atoms with van der Waals surface area (Å²) in [6.07, 6.45) is 8.95. The van der Waals surface area contributed by atoms with Gasteiger partial charge < -0.3 is 10.1 Å². The summed E-state index contributed by atoms with van der Waals surface area (Å²) >= 11 is 0. The second-order valence-corrected chi connectivity index (χ2v) is 5.04. The number of nitriles is 1. The molecule has 3 heteroatoms. The minimum Gasteiger partial charge on any atom is -0.381 e. The molecule has 106 valence electrons. The third-order valence-electron chi connectivity index (χ3n) is 3.15. The van der Waals surface area contributed by atoms with Crippen molar-refractivity contribution in [3.63, 3.8) is 0 Å². The first kappa shape index (κ1) is 17.4. The average Bonchev–Trinajstić information content (AvgIpc) is 2.38. The largest absolute Gasteiger partial charge is 0.381 e. The molecule has 0 amide bonds. The van der Waals surface area contributed by atoms with E-state index < -0.39 is 0 Å². The van der Waals surface area contributed by atoms with Crippen molar-refractivity contribution >= 4 is 0 Å². The van der Waals surface area contributed by atoms with Gasteiger partial charge in [-0.1, -0.05) is 46.0 Å². The highest BCUT2D eigenvalue weighted by Crippen LogP contribution is 2.13. The van der Waals surface area contributed by atoms with Gasteiger partial charge in [0.25, 0.3) is 0 Å². The molecular weight excluding hydrogens is 224 g/mol. The number of nitrogens with zero attached hydrogens (tertiary/aromatic N) is 1. The molecule has 0 fully saturated rings. The van der Waals surface area contributed by atoms with Crippen LogP contribution in [-0.4, -0.2) is 26.3 Å². The van der Waals surface area contributed by atoms with Crippen LogP contribution < -0.4 is 5.32 Å². The fraction of sp³-hybridized carbons (Fsp3) is 0.933. The normalized spacial score (nSPS) is 12.3. The summed E-state index contributed by atoms with van der Waals surface area (Å²) in [7, 11) is 0. The summed E-state index contributed by atoms with van der Waals surface area (Å²) in [6, 6.07) is 2.06. The lowest BCUT2D eigenvalue weighted by Gasteiger charge is -2.11. The lowest BCUT2D eigenvalue weighted by molar-refractivity contribution is 0.118. The summed E-state index contributed by atoms with van der Waals surface area (Å²) in [4.78, 5) is 0. The van der Waals surface area contributed by atoms with Crippen LogP contribution in [0, 0.1) is 17.2 Å². The number of hydrogen-bond acceptors (Lipinski definition) is 3. The predicted molar refractivity (Wildman–Crippen MR) is 76.5 cm³/mol. The highest BCUT2D eigenvalue weighted by Gasteiger charge is 2.01. The fourth-order valence-corrected chi connectivity index (χ4v) is 1.89. The van der Waals surface area contributed by atoms with E-state index in [4.69, 9.17) is 10.00 Å². The molecule has 0 aromatic rings. The van der Waals surface area contributed by atoms with Crippen molar-refractivity contribution in [3.05, 3.63) is 0 Å². The Kier molecular flexibility index (Phi) is 14.0. The Hall–Kier alpha value is -0.590. The molecule has 0 aliphatic rings. The molecule has 0 rings (SSSR count). The fourth-order valence-electron chi connectivity index (χ4n) is 1.89. The number of unbranched alkanes of at least 4 members (excludes halogenated alkanes) is 3. The van der Waals surface area contributed by atoms with Crippen molar-refractivity contribution < 1.29 is 4.74 Å². The standard InChI is InChI=1S/C15H30N2O/c1-3-4-5-6-8-15(2)9-14-18-13-7-11-17-12-10-16/h15,17H,3-9,11-14H2,1-2H3. The van der Waals surface area contributed by atoms with Gasteiger partial charge in [-0.2, -0.15) is 5.26 Å². The molecule has 1 unspecified atom stereocenters. The lowest BCUT2D eigenvalue weighted by Crippen LogP contribution is -2.17. The number of rotatable bonds is 13. The van der Waals surface area contributed by atoms with Gasteiger partial charge in [0, 0.05) is 13.2 Å². The summed E-state index contributed by atoms with van der Waals surface area (Å²) < 4.78 is 5.59. The third-order valence-corrected chi connectivity index (χ3v) is 3.15. The molecular formula is C15H30N2O. The number of hydrogen-bond donors (Lipinski definition) is 1. The summed E-state index contributed by atoms with van der Waals surface area (Å²) in [5.74, 6) is 0.790. The molecule has 0 radical (unpaired) electrons. The maximum Gasteiger partial charge on any atom is 0.0840 e. The van der Waals surface area contributed by atoms with Crippen LogP contribution in [0.5, 0.6) is 0 Å². The molecule has 0 aromatic carbocycles. The van der Waals surface area contributed by atoms with Crippen molar-refractivity contribution in [1.29, 1.82) is 5.26 Å². The molecule has 0 aliphatic heterocycles. The van der Waals surface area contributed by atoms with E-state index in [1.165, 1.54) is 38.5 Å². The molecule has 0 heterocycles. The Bertz CT molecular complexity index is 201. The average molecular weight is 254 g/mol. The van der Waals surface area contributed by atoms with Crippen LogP contribution in [0.25, 0.3) is 0 Å². The minimum atomic E-state index is 0.439. The quantitative estimate of drug-likeness (QED) is 0.404. The first-order valence-electron chi connectivity index (χ1n) is 7.46. The van der Waals surface area contributed by atoms with Crippen LogP contribution in [0.15, 0.2) is 0 Å². The minimum absolute atomic E-state index is 0.439. The van der Waals surface area contributed by atoms with E-state index in [9.17, 15) is 0 Å². The molecule has 0 aromatic heterocycles. The first-order valence-corrected chi connectivity index (χ1v) is 7.46. The van der Waals surface area contributed by atoms with Crippen molar-refractivity contribution in [1.82, 2.24) is 5.32 Å². The van der Waals surface area contributed by atoms with Gasteiger partial charge in [-0.25, -0.2) is 0 Å². The molecule has 0 saturated heterocycles. The van der Waals surface area contributed by atoms with Crippen LogP contribution in [0.4, 0.5) is 0 Å². The monoisotopic (exact) mass is 254 g/mol. The van der Waals surface area contributed by atoms with Gasteiger partial charge >= 0.3 is 0 Å². The Balaban J connectivity index is 3.10. The summed E-state index contributed by atoms with van der Waals surface area (Å²) in [6.45, 7) is 7.58. The van der Waals surface area contributed by atoms with Crippen LogP contribution in [0.2, 0.25) is 0 Å². The van der Waals surface area contributed by atoms with Crippen molar-refractivity contribution in [3.8, 4) is 6.07 Å². The van der Waals surface area contributed by atoms with Crippen LogP contribution in [-0.2, 0) is 4.74 Å². The summed E-state index contributed by atoms with van der Waals surface area (Å²) in [5, 5.41) is 11.4. The number of nitrogens with one attached hydrogen (secondary N) is 1. The SMILES string of the molecule is CCCCCCC(C)CCOCCCNCC#N. The topological polar surface area (TPSA) is 45.0 Å². The van der Waals surface area contributed by atoms with Crippen molar-refractivity contribution in [2.24, 2.45) is 5.92 Å². The molecule has 18 heavy (non-hydrogen) atoms. The van der Waals surface area contributed by atoms with Gasteiger partial charge in [-0.3, -0.25) is 0 Å². The molecule has 0 spiro atoms. The molecule has 1 atom stereocenters. The molecule has 3 nitrogen and oxygen atoms in total. The second-order valence-electron chi connectivity index (χ2n) is 5.04. The zero-order valence-corrected chi connectivity index (χ0v) is 12.2. The van der Waals surface area contributed by atoms with E-state index >= 15 is 0 Å². The second kappa shape index (κ2) is 14.5. The zero-order valence-electron chi connectivity index (χ0n) is 12.2. The van der Waals surface area contributed by atoms with Gasteiger partial charge in [0.1, 0.15) is 0 Å². The molecule has 0 aliphatic carbocycles. The van der Waals surface area contributed by atoms with Crippen LogP contribution >= 0.6 is 0 Å². The van der Waals surface area contributed by atoms with Crippen LogP contribution in [0.1, 0.15) is 58.8 Å². The Morgan fingerprint density at radius 1 is 1.11 bits per heavy atom. The Morgan fingerprint density at radius 2 is 1.94 bits per heavy atom. The van der Waals surface area contributed by atoms with E-state index in [0.717, 1.165) is 32.1 Å². The predicted octanol–water partition coefficient (Wildman–Crippen LogP) is 3.50. The molecule has 1 N–H and O–H groups in total. The van der Waals surface area contributed by atoms with Crippen molar-refractivity contribution in [2.75, 3.05) is 26.3 Å². The van der Waals surface area contributed by atoms with E-state index in [1.54, 1.807) is 0 Å². The number of ether oxygens (including phenoxy) is 1. The maximum absolute atomic E-state index is 8.33. The first-order chi connectivity index (χ1) is 8.81. The van der Waals surface area contributed by atoms with Gasteiger partial charge in [0.15, 0.2) is 0 Å². The van der Waals surface area contributed by atoms with E-state index in [-0.39, 0.29) is 0 Å². The third kappa shape index (κ3) is 13.5. The Morgan fingerprint density at radius 3 is 2.67 bits per heavy atom. The van der Waals surface area contributed by atoms with Gasteiger partial charge in [0.2, 0.25) is 0 Å².